The minimum absolute atomic E-state index is 0.0289. The van der Waals surface area contributed by atoms with Crippen LogP contribution in [0.5, 0.6) is 0 Å². The van der Waals surface area contributed by atoms with Crippen LogP contribution in [-0.4, -0.2) is 15.7 Å². The van der Waals surface area contributed by atoms with Gasteiger partial charge in [0, 0.05) is 17.1 Å². The molecule has 0 aliphatic heterocycles. The monoisotopic (exact) mass is 376 g/mol. The Labute approximate surface area is 151 Å². The topological polar surface area (TPSA) is 71.3 Å². The van der Waals surface area contributed by atoms with Gasteiger partial charge in [-0.05, 0) is 42.1 Å². The average molecular weight is 376 g/mol. The zero-order chi connectivity index (χ0) is 19.8. The third kappa shape index (κ3) is 3.70. The molecule has 0 saturated carbocycles. The number of fused-ring (bicyclic) bond motifs is 1. The van der Waals surface area contributed by atoms with E-state index in [1.54, 1.807) is 19.1 Å². The first kappa shape index (κ1) is 18.7. The predicted octanol–water partition coefficient (Wildman–Crippen LogP) is 3.50. The number of hydrogen-bond donors (Lipinski definition) is 2. The summed E-state index contributed by atoms with van der Waals surface area (Å²) in [4.78, 5) is 24.2. The SMILES string of the molecule is Cc1ccc(Cn2ccc3ccc(C(=O)NO)cc3c2=O)c(C(F)(F)F)c1. The molecule has 27 heavy (non-hydrogen) atoms. The van der Waals surface area contributed by atoms with E-state index < -0.39 is 23.2 Å². The van der Waals surface area contributed by atoms with Crippen molar-refractivity contribution in [2.75, 3.05) is 0 Å². The molecule has 0 aliphatic rings. The quantitative estimate of drug-likeness (QED) is 0.543. The van der Waals surface area contributed by atoms with E-state index >= 15 is 0 Å². The highest BCUT2D eigenvalue weighted by Crippen LogP contribution is 2.33. The van der Waals surface area contributed by atoms with Crippen LogP contribution in [0.2, 0.25) is 0 Å². The number of carbonyl (C=O) groups is 1. The van der Waals surface area contributed by atoms with Gasteiger partial charge in [0.05, 0.1) is 12.1 Å². The van der Waals surface area contributed by atoms with Gasteiger partial charge in [-0.25, -0.2) is 5.48 Å². The second kappa shape index (κ2) is 6.88. The molecule has 3 rings (SSSR count). The van der Waals surface area contributed by atoms with Crippen LogP contribution in [0.3, 0.4) is 0 Å². The van der Waals surface area contributed by atoms with Gasteiger partial charge in [-0.3, -0.25) is 14.8 Å². The fourth-order valence-corrected chi connectivity index (χ4v) is 2.89. The van der Waals surface area contributed by atoms with Gasteiger partial charge in [-0.2, -0.15) is 13.2 Å². The summed E-state index contributed by atoms with van der Waals surface area (Å²) in [7, 11) is 0. The molecule has 8 heteroatoms. The van der Waals surface area contributed by atoms with Crippen molar-refractivity contribution < 1.29 is 23.2 Å². The molecule has 1 aromatic heterocycles. The summed E-state index contributed by atoms with van der Waals surface area (Å²) >= 11 is 0. The zero-order valence-corrected chi connectivity index (χ0v) is 14.2. The number of benzene rings is 2. The molecule has 0 saturated heterocycles. The van der Waals surface area contributed by atoms with Crippen molar-refractivity contribution >= 4 is 16.7 Å². The van der Waals surface area contributed by atoms with E-state index in [1.807, 2.05) is 0 Å². The zero-order valence-electron chi connectivity index (χ0n) is 14.2. The van der Waals surface area contributed by atoms with E-state index in [0.717, 1.165) is 10.6 Å². The Hall–Kier alpha value is -3.13. The van der Waals surface area contributed by atoms with E-state index in [0.29, 0.717) is 10.9 Å². The first-order valence-corrected chi connectivity index (χ1v) is 7.95. The number of hydrogen-bond acceptors (Lipinski definition) is 3. The lowest BCUT2D eigenvalue weighted by Crippen LogP contribution is -2.23. The molecule has 0 fully saturated rings. The highest BCUT2D eigenvalue weighted by atomic mass is 19.4. The van der Waals surface area contributed by atoms with E-state index in [2.05, 4.69) is 0 Å². The minimum atomic E-state index is -4.53. The lowest BCUT2D eigenvalue weighted by atomic mass is 10.0. The predicted molar refractivity (Wildman–Crippen MR) is 92.7 cm³/mol. The van der Waals surface area contributed by atoms with Gasteiger partial charge < -0.3 is 4.57 Å². The van der Waals surface area contributed by atoms with E-state index in [4.69, 9.17) is 5.21 Å². The lowest BCUT2D eigenvalue weighted by molar-refractivity contribution is -0.138. The summed E-state index contributed by atoms with van der Waals surface area (Å²) in [6, 6.07) is 9.78. The van der Waals surface area contributed by atoms with Crippen LogP contribution < -0.4 is 11.0 Å². The standard InChI is InChI=1S/C19H15F3N2O3/c1-11-2-3-14(16(8-11)19(20,21)22)10-24-7-6-12-4-5-13(17(25)23-27)9-15(12)18(24)26/h2-9,27H,10H2,1H3,(H,23,25). The van der Waals surface area contributed by atoms with Crippen molar-refractivity contribution in [2.24, 2.45) is 0 Å². The molecule has 1 heterocycles. The number of rotatable bonds is 3. The summed E-state index contributed by atoms with van der Waals surface area (Å²) in [6.45, 7) is 1.30. The van der Waals surface area contributed by atoms with Crippen molar-refractivity contribution in [3.8, 4) is 0 Å². The van der Waals surface area contributed by atoms with Crippen LogP contribution >= 0.6 is 0 Å². The highest BCUT2D eigenvalue weighted by Gasteiger charge is 2.33. The number of aryl methyl sites for hydroxylation is 1. The van der Waals surface area contributed by atoms with Gasteiger partial charge in [-0.15, -0.1) is 0 Å². The number of hydroxylamine groups is 1. The fourth-order valence-electron chi connectivity index (χ4n) is 2.89. The van der Waals surface area contributed by atoms with Gasteiger partial charge in [-0.1, -0.05) is 23.8 Å². The molecule has 3 aromatic rings. The molecular weight excluding hydrogens is 361 g/mol. The Balaban J connectivity index is 2.10. The minimum Gasteiger partial charge on any atom is -0.311 e. The number of nitrogens with zero attached hydrogens (tertiary/aromatic N) is 1. The number of amides is 1. The van der Waals surface area contributed by atoms with Crippen molar-refractivity contribution in [1.82, 2.24) is 10.0 Å². The lowest BCUT2D eigenvalue weighted by Gasteiger charge is -2.15. The first-order chi connectivity index (χ1) is 12.7. The fraction of sp³-hybridized carbons (Fsp3) is 0.158. The second-order valence-corrected chi connectivity index (χ2v) is 6.15. The molecule has 0 unspecified atom stereocenters. The average Bonchev–Trinajstić information content (AvgIpc) is 2.63. The van der Waals surface area contributed by atoms with Crippen LogP contribution in [0.15, 0.2) is 53.5 Å². The summed E-state index contributed by atoms with van der Waals surface area (Å²) in [6.07, 6.45) is -3.12. The number of halogens is 3. The van der Waals surface area contributed by atoms with E-state index in [-0.39, 0.29) is 23.1 Å². The third-order valence-corrected chi connectivity index (χ3v) is 4.25. The van der Waals surface area contributed by atoms with Crippen molar-refractivity contribution in [3.05, 3.63) is 81.3 Å². The highest BCUT2D eigenvalue weighted by molar-refractivity contribution is 5.97. The molecule has 0 bridgehead atoms. The molecule has 0 aliphatic carbocycles. The maximum atomic E-state index is 13.3. The number of nitrogens with one attached hydrogen (secondary N) is 1. The summed E-state index contributed by atoms with van der Waals surface area (Å²) in [5, 5.41) is 9.42. The Morgan fingerprint density at radius 3 is 2.56 bits per heavy atom. The number of aromatic nitrogens is 1. The number of carbonyl (C=O) groups excluding carboxylic acids is 1. The van der Waals surface area contributed by atoms with Crippen LogP contribution in [0, 0.1) is 6.92 Å². The van der Waals surface area contributed by atoms with Gasteiger partial charge in [0.15, 0.2) is 0 Å². The van der Waals surface area contributed by atoms with Crippen LogP contribution in [0.25, 0.3) is 10.8 Å². The van der Waals surface area contributed by atoms with Gasteiger partial charge in [0.1, 0.15) is 0 Å². The van der Waals surface area contributed by atoms with E-state index in [9.17, 15) is 22.8 Å². The van der Waals surface area contributed by atoms with Gasteiger partial charge in [0.2, 0.25) is 0 Å². The molecule has 0 radical (unpaired) electrons. The molecule has 140 valence electrons. The second-order valence-electron chi connectivity index (χ2n) is 6.15. The first-order valence-electron chi connectivity index (χ1n) is 7.95. The number of pyridine rings is 1. The van der Waals surface area contributed by atoms with Crippen molar-refractivity contribution in [2.45, 2.75) is 19.6 Å². The Bertz CT molecular complexity index is 1090. The molecule has 5 nitrogen and oxygen atoms in total. The summed E-state index contributed by atoms with van der Waals surface area (Å²) < 4.78 is 41.1. The van der Waals surface area contributed by atoms with Crippen molar-refractivity contribution in [1.29, 1.82) is 0 Å². The Morgan fingerprint density at radius 1 is 1.15 bits per heavy atom. The van der Waals surface area contributed by atoms with Gasteiger partial charge in [0.25, 0.3) is 11.5 Å². The maximum Gasteiger partial charge on any atom is 0.416 e. The van der Waals surface area contributed by atoms with E-state index in [1.165, 1.54) is 35.9 Å². The molecule has 0 spiro atoms. The molecule has 0 atom stereocenters. The molecule has 1 amide bonds. The van der Waals surface area contributed by atoms with Crippen LogP contribution in [0.1, 0.15) is 27.0 Å². The largest absolute Gasteiger partial charge is 0.416 e. The Morgan fingerprint density at radius 2 is 1.89 bits per heavy atom. The summed E-state index contributed by atoms with van der Waals surface area (Å²) in [5.74, 6) is -0.787. The smallest absolute Gasteiger partial charge is 0.311 e. The summed E-state index contributed by atoms with van der Waals surface area (Å²) in [5.41, 5.74) is 0.655. The van der Waals surface area contributed by atoms with Crippen molar-refractivity contribution in [3.63, 3.8) is 0 Å². The maximum absolute atomic E-state index is 13.3. The number of alkyl halides is 3. The normalized spacial score (nSPS) is 11.6. The van der Waals surface area contributed by atoms with Crippen LogP contribution in [-0.2, 0) is 12.7 Å². The molecular formula is C19H15F3N2O3. The van der Waals surface area contributed by atoms with Gasteiger partial charge >= 0.3 is 6.18 Å². The van der Waals surface area contributed by atoms with Crippen LogP contribution in [0.4, 0.5) is 13.2 Å². The Kier molecular flexibility index (Phi) is 4.75. The molecule has 2 N–H and O–H groups in total. The third-order valence-electron chi connectivity index (χ3n) is 4.25. The molecule has 2 aromatic carbocycles.